The molecule has 0 N–H and O–H groups in total. The van der Waals surface area contributed by atoms with Crippen LogP contribution >= 0.6 is 0 Å². The third-order valence-corrected chi connectivity index (χ3v) is 2.93. The topological polar surface area (TPSA) is 23.6 Å². The van der Waals surface area contributed by atoms with Crippen LogP contribution in [0.4, 0.5) is 0 Å². The molecule has 13 heavy (non-hydrogen) atoms. The lowest BCUT2D eigenvalue weighted by atomic mass is 10.0. The van der Waals surface area contributed by atoms with E-state index in [0.717, 1.165) is 6.54 Å². The van der Waals surface area contributed by atoms with Crippen molar-refractivity contribution in [3.8, 4) is 0 Å². The lowest BCUT2D eigenvalue weighted by Crippen LogP contribution is -2.46. The minimum Gasteiger partial charge on any atom is -0.344 e. The minimum absolute atomic E-state index is 0.149. The Bertz CT molecular complexity index is 207. The van der Waals surface area contributed by atoms with Crippen LogP contribution in [-0.2, 0) is 4.79 Å². The highest BCUT2D eigenvalue weighted by Crippen LogP contribution is 2.21. The molecule has 0 bridgehead atoms. The minimum atomic E-state index is 0.149. The molecule has 0 aliphatic carbocycles. The molecular formula is C10H20N2O. The van der Waals surface area contributed by atoms with Gasteiger partial charge in [-0.3, -0.25) is 9.69 Å². The fourth-order valence-corrected chi connectivity index (χ4v) is 1.65. The average molecular weight is 184 g/mol. The first-order valence-corrected chi connectivity index (χ1v) is 4.79. The number of hydrogen-bond donors (Lipinski definition) is 0. The van der Waals surface area contributed by atoms with E-state index in [4.69, 9.17) is 0 Å². The molecule has 1 heterocycles. The van der Waals surface area contributed by atoms with Crippen LogP contribution < -0.4 is 0 Å². The van der Waals surface area contributed by atoms with Crippen molar-refractivity contribution in [3.63, 3.8) is 0 Å². The molecule has 0 radical (unpaired) electrons. The van der Waals surface area contributed by atoms with E-state index >= 15 is 0 Å². The number of amides is 1. The van der Waals surface area contributed by atoms with Crippen molar-refractivity contribution in [1.29, 1.82) is 0 Å². The quantitative estimate of drug-likeness (QED) is 0.605. The molecule has 0 aromatic rings. The number of carbonyl (C=O) groups is 1. The van der Waals surface area contributed by atoms with Crippen molar-refractivity contribution >= 4 is 5.91 Å². The Morgan fingerprint density at radius 3 is 2.31 bits per heavy atom. The maximum Gasteiger partial charge on any atom is 0.224 e. The molecule has 0 aromatic carbocycles. The fraction of sp³-hybridized carbons (Fsp3) is 0.900. The second-order valence-corrected chi connectivity index (χ2v) is 4.91. The molecule has 1 saturated heterocycles. The molecule has 1 unspecified atom stereocenters. The molecule has 3 nitrogen and oxygen atoms in total. The van der Waals surface area contributed by atoms with Crippen molar-refractivity contribution < 1.29 is 4.79 Å². The molecule has 1 rings (SSSR count). The fourth-order valence-electron chi connectivity index (χ4n) is 1.65. The molecule has 0 aromatic heterocycles. The van der Waals surface area contributed by atoms with Gasteiger partial charge in [0.05, 0.1) is 0 Å². The standard InChI is InChI=1S/C10H20N2O/c1-10(2,3)12(5)8-6-9(13)11(4)7-8/h8H,6-7H2,1-5H3. The maximum absolute atomic E-state index is 11.3. The van der Waals surface area contributed by atoms with Gasteiger partial charge in [-0.1, -0.05) is 0 Å². The summed E-state index contributed by atoms with van der Waals surface area (Å²) in [5.74, 6) is 0.265. The number of carbonyl (C=O) groups excluding carboxylic acids is 1. The van der Waals surface area contributed by atoms with E-state index in [9.17, 15) is 4.79 Å². The second-order valence-electron chi connectivity index (χ2n) is 4.91. The van der Waals surface area contributed by atoms with Gasteiger partial charge in [0.2, 0.25) is 5.91 Å². The first kappa shape index (κ1) is 10.5. The Morgan fingerprint density at radius 1 is 1.46 bits per heavy atom. The molecule has 0 saturated carbocycles. The van der Waals surface area contributed by atoms with Crippen molar-refractivity contribution in [2.45, 2.75) is 38.8 Å². The van der Waals surface area contributed by atoms with Crippen LogP contribution in [0.1, 0.15) is 27.2 Å². The second kappa shape index (κ2) is 3.29. The van der Waals surface area contributed by atoms with Crippen LogP contribution in [0.3, 0.4) is 0 Å². The summed E-state index contributed by atoms with van der Waals surface area (Å²) in [6.07, 6.45) is 0.671. The van der Waals surface area contributed by atoms with Crippen molar-refractivity contribution in [2.75, 3.05) is 20.6 Å². The number of nitrogens with zero attached hydrogens (tertiary/aromatic N) is 2. The van der Waals surface area contributed by atoms with Gasteiger partial charge in [0.15, 0.2) is 0 Å². The molecule has 1 atom stereocenters. The van der Waals surface area contributed by atoms with Crippen LogP contribution in [0.25, 0.3) is 0 Å². The van der Waals surface area contributed by atoms with E-state index < -0.39 is 0 Å². The van der Waals surface area contributed by atoms with Crippen LogP contribution in [-0.4, -0.2) is 47.9 Å². The maximum atomic E-state index is 11.3. The number of likely N-dealkylation sites (N-methyl/N-ethyl adjacent to an activating group) is 2. The van der Waals surface area contributed by atoms with E-state index in [2.05, 4.69) is 32.7 Å². The average Bonchev–Trinajstić information content (AvgIpc) is 2.29. The lowest BCUT2D eigenvalue weighted by Gasteiger charge is -2.36. The highest BCUT2D eigenvalue weighted by atomic mass is 16.2. The first-order chi connectivity index (χ1) is 5.82. The third-order valence-electron chi connectivity index (χ3n) is 2.93. The molecule has 3 heteroatoms. The largest absolute Gasteiger partial charge is 0.344 e. The SMILES string of the molecule is CN1CC(N(C)C(C)(C)C)CC1=O. The zero-order valence-electron chi connectivity index (χ0n) is 9.29. The predicted octanol–water partition coefficient (Wildman–Crippen LogP) is 0.947. The molecule has 0 spiro atoms. The Labute approximate surface area is 80.7 Å². The van der Waals surface area contributed by atoms with Crippen molar-refractivity contribution in [1.82, 2.24) is 9.80 Å². The lowest BCUT2D eigenvalue weighted by molar-refractivity contribution is -0.126. The molecule has 1 amide bonds. The van der Waals surface area contributed by atoms with Gasteiger partial charge in [0.1, 0.15) is 0 Å². The van der Waals surface area contributed by atoms with E-state index in [1.54, 1.807) is 0 Å². The van der Waals surface area contributed by atoms with Crippen LogP contribution in [0.2, 0.25) is 0 Å². The summed E-state index contributed by atoms with van der Waals surface area (Å²) in [7, 11) is 3.97. The van der Waals surface area contributed by atoms with Gasteiger partial charge < -0.3 is 4.90 Å². The first-order valence-electron chi connectivity index (χ1n) is 4.79. The Kier molecular flexibility index (Phi) is 2.66. The predicted molar refractivity (Wildman–Crippen MR) is 53.6 cm³/mol. The summed E-state index contributed by atoms with van der Waals surface area (Å²) < 4.78 is 0. The summed E-state index contributed by atoms with van der Waals surface area (Å²) in [5, 5.41) is 0. The van der Waals surface area contributed by atoms with Gasteiger partial charge in [-0.05, 0) is 27.8 Å². The zero-order chi connectivity index (χ0) is 10.2. The molecule has 76 valence electrons. The van der Waals surface area contributed by atoms with Gasteiger partial charge in [-0.25, -0.2) is 0 Å². The van der Waals surface area contributed by atoms with E-state index in [0.29, 0.717) is 12.5 Å². The van der Waals surface area contributed by atoms with Crippen LogP contribution in [0.15, 0.2) is 0 Å². The van der Waals surface area contributed by atoms with Crippen LogP contribution in [0.5, 0.6) is 0 Å². The van der Waals surface area contributed by atoms with Crippen molar-refractivity contribution in [3.05, 3.63) is 0 Å². The van der Waals surface area contributed by atoms with E-state index in [1.807, 2.05) is 11.9 Å². The van der Waals surface area contributed by atoms with E-state index in [1.165, 1.54) is 0 Å². The summed E-state index contributed by atoms with van der Waals surface area (Å²) in [6, 6.07) is 0.387. The van der Waals surface area contributed by atoms with Gasteiger partial charge >= 0.3 is 0 Å². The molecule has 1 aliphatic rings. The summed E-state index contributed by atoms with van der Waals surface area (Å²) in [4.78, 5) is 15.4. The Balaban J connectivity index is 2.61. The normalized spacial score (nSPS) is 24.6. The number of hydrogen-bond acceptors (Lipinski definition) is 2. The Hall–Kier alpha value is -0.570. The van der Waals surface area contributed by atoms with Gasteiger partial charge in [-0.2, -0.15) is 0 Å². The highest BCUT2D eigenvalue weighted by Gasteiger charge is 2.33. The molecule has 1 fully saturated rings. The summed E-state index contributed by atoms with van der Waals surface area (Å²) in [6.45, 7) is 7.40. The monoisotopic (exact) mass is 184 g/mol. The van der Waals surface area contributed by atoms with Gasteiger partial charge in [-0.15, -0.1) is 0 Å². The number of likely N-dealkylation sites (tertiary alicyclic amines) is 1. The third kappa shape index (κ3) is 2.21. The zero-order valence-corrected chi connectivity index (χ0v) is 9.29. The Morgan fingerprint density at radius 2 is 2.00 bits per heavy atom. The smallest absolute Gasteiger partial charge is 0.224 e. The van der Waals surface area contributed by atoms with E-state index in [-0.39, 0.29) is 11.4 Å². The van der Waals surface area contributed by atoms with Gasteiger partial charge in [0.25, 0.3) is 0 Å². The molecule has 1 aliphatic heterocycles. The molecular weight excluding hydrogens is 164 g/mol. The summed E-state index contributed by atoms with van der Waals surface area (Å²) in [5.41, 5.74) is 0.149. The number of rotatable bonds is 1. The highest BCUT2D eigenvalue weighted by molar-refractivity contribution is 5.78. The van der Waals surface area contributed by atoms with Gasteiger partial charge in [0, 0.05) is 31.6 Å². The summed E-state index contributed by atoms with van der Waals surface area (Å²) >= 11 is 0. The van der Waals surface area contributed by atoms with Crippen LogP contribution in [0, 0.1) is 0 Å². The van der Waals surface area contributed by atoms with Crippen molar-refractivity contribution in [2.24, 2.45) is 0 Å².